The molecule has 7 nitrogen and oxygen atoms in total. The monoisotopic (exact) mass is 250 g/mol. The average molecular weight is 250 g/mol. The number of rotatable bonds is 3. The summed E-state index contributed by atoms with van der Waals surface area (Å²) in [7, 11) is 0. The van der Waals surface area contributed by atoms with Gasteiger partial charge in [-0.2, -0.15) is 0 Å². The Kier molecular flexibility index (Phi) is 3.52. The van der Waals surface area contributed by atoms with Crippen LogP contribution in [-0.2, 0) is 4.79 Å². The van der Waals surface area contributed by atoms with E-state index in [2.05, 4.69) is 9.88 Å². The minimum absolute atomic E-state index is 0.00115. The van der Waals surface area contributed by atoms with Crippen molar-refractivity contribution >= 4 is 17.4 Å². The molecule has 0 bridgehead atoms. The molecule has 0 spiro atoms. The van der Waals surface area contributed by atoms with Crippen molar-refractivity contribution in [1.29, 1.82) is 0 Å². The molecule has 1 aromatic rings. The van der Waals surface area contributed by atoms with Crippen LogP contribution in [-0.4, -0.2) is 46.9 Å². The number of hydrogen-bond donors (Lipinski definition) is 0. The molecule has 1 aliphatic rings. The Hall–Kier alpha value is -2.02. The van der Waals surface area contributed by atoms with Crippen molar-refractivity contribution in [3.05, 3.63) is 28.4 Å². The average Bonchev–Trinajstić information content (AvgIpc) is 2.38. The highest BCUT2D eigenvalue weighted by Crippen LogP contribution is 2.18. The van der Waals surface area contributed by atoms with Crippen LogP contribution in [0.1, 0.15) is 6.92 Å². The molecule has 1 fully saturated rings. The first-order valence-corrected chi connectivity index (χ1v) is 5.75. The van der Waals surface area contributed by atoms with E-state index in [0.29, 0.717) is 18.8 Å². The molecule has 0 radical (unpaired) electrons. The second-order valence-electron chi connectivity index (χ2n) is 4.05. The zero-order chi connectivity index (χ0) is 13.1. The maximum absolute atomic E-state index is 11.9. The molecule has 2 heterocycles. The maximum atomic E-state index is 11.9. The molecule has 1 aromatic heterocycles. The number of carbonyl (C=O) groups is 1. The number of pyridine rings is 1. The van der Waals surface area contributed by atoms with Gasteiger partial charge in [0.2, 0.25) is 5.91 Å². The summed E-state index contributed by atoms with van der Waals surface area (Å²) in [6.45, 7) is 4.63. The summed E-state index contributed by atoms with van der Waals surface area (Å²) in [6, 6.07) is 2.87. The molecule has 1 amide bonds. The minimum Gasteiger partial charge on any atom is -0.358 e. The Morgan fingerprint density at radius 1 is 1.44 bits per heavy atom. The van der Waals surface area contributed by atoms with Gasteiger partial charge in [-0.25, -0.2) is 0 Å². The predicted molar refractivity (Wildman–Crippen MR) is 65.4 cm³/mol. The van der Waals surface area contributed by atoms with E-state index >= 15 is 0 Å². The molecule has 0 atom stereocenters. The van der Waals surface area contributed by atoms with Crippen molar-refractivity contribution < 1.29 is 9.72 Å². The molecule has 96 valence electrons. The number of anilines is 1. The summed E-state index contributed by atoms with van der Waals surface area (Å²) in [5.41, 5.74) is 0.612. The number of hydrogen-bond acceptors (Lipinski definition) is 5. The topological polar surface area (TPSA) is 79.6 Å². The van der Waals surface area contributed by atoms with Gasteiger partial charge in [-0.15, -0.1) is 0 Å². The van der Waals surface area contributed by atoms with Crippen LogP contribution < -0.4 is 4.90 Å². The Morgan fingerprint density at radius 3 is 2.72 bits per heavy atom. The smallest absolute Gasteiger partial charge is 0.358 e. The van der Waals surface area contributed by atoms with E-state index < -0.39 is 4.92 Å². The summed E-state index contributed by atoms with van der Waals surface area (Å²) >= 11 is 0. The third-order valence-corrected chi connectivity index (χ3v) is 2.98. The molecule has 7 heteroatoms. The minimum atomic E-state index is -0.555. The normalized spacial score (nSPS) is 16.9. The van der Waals surface area contributed by atoms with Crippen LogP contribution in [0.15, 0.2) is 18.3 Å². The second kappa shape index (κ2) is 5.09. The molecular weight excluding hydrogens is 236 g/mol. The fourth-order valence-corrected chi connectivity index (χ4v) is 1.91. The Balaban J connectivity index is 2.12. The molecular formula is C11H14N4O3. The summed E-state index contributed by atoms with van der Waals surface area (Å²) in [4.78, 5) is 29.2. The van der Waals surface area contributed by atoms with Crippen LogP contribution in [0.4, 0.5) is 11.5 Å². The Bertz CT molecular complexity index is 460. The molecule has 0 aromatic carbocycles. The number of likely N-dealkylation sites (N-methyl/N-ethyl adjacent to an activating group) is 1. The fourth-order valence-electron chi connectivity index (χ4n) is 1.91. The highest BCUT2D eigenvalue weighted by atomic mass is 16.6. The van der Waals surface area contributed by atoms with E-state index in [0.717, 1.165) is 13.1 Å². The van der Waals surface area contributed by atoms with E-state index in [1.807, 2.05) is 6.92 Å². The van der Waals surface area contributed by atoms with Gasteiger partial charge in [0.05, 0.1) is 12.2 Å². The number of carbonyl (C=O) groups excluding carboxylic acids is 1. The van der Waals surface area contributed by atoms with Crippen molar-refractivity contribution in [2.24, 2.45) is 0 Å². The number of nitro groups is 1. The van der Waals surface area contributed by atoms with Crippen molar-refractivity contribution in [2.45, 2.75) is 6.92 Å². The molecule has 0 saturated carbocycles. The zero-order valence-electron chi connectivity index (χ0n) is 10.1. The lowest BCUT2D eigenvalue weighted by atomic mass is 10.2. The third kappa shape index (κ3) is 2.45. The summed E-state index contributed by atoms with van der Waals surface area (Å²) in [5.74, 6) is -0.211. The number of piperazine rings is 1. The van der Waals surface area contributed by atoms with Crippen molar-refractivity contribution in [2.75, 3.05) is 31.1 Å². The molecule has 0 aliphatic carbocycles. The first-order chi connectivity index (χ1) is 8.61. The van der Waals surface area contributed by atoms with Crippen molar-refractivity contribution in [1.82, 2.24) is 9.88 Å². The standard InChI is InChI=1S/C11H14N4O3/c1-2-13-5-6-14(11(16)8-13)9-3-4-10(12-7-9)15(17)18/h3-4,7H,2,5-6,8H2,1H3. The van der Waals surface area contributed by atoms with Crippen LogP contribution in [0.25, 0.3) is 0 Å². The van der Waals surface area contributed by atoms with Gasteiger partial charge in [0.1, 0.15) is 0 Å². The van der Waals surface area contributed by atoms with Crippen LogP contribution in [0.2, 0.25) is 0 Å². The number of amides is 1. The molecule has 18 heavy (non-hydrogen) atoms. The van der Waals surface area contributed by atoms with Gasteiger partial charge in [0.25, 0.3) is 0 Å². The van der Waals surface area contributed by atoms with E-state index in [9.17, 15) is 14.9 Å². The summed E-state index contributed by atoms with van der Waals surface area (Å²) < 4.78 is 0. The molecule has 2 rings (SSSR count). The molecule has 1 saturated heterocycles. The van der Waals surface area contributed by atoms with Crippen molar-refractivity contribution in [3.63, 3.8) is 0 Å². The van der Waals surface area contributed by atoms with Gasteiger partial charge in [0.15, 0.2) is 6.20 Å². The highest BCUT2D eigenvalue weighted by molar-refractivity contribution is 5.95. The largest absolute Gasteiger partial charge is 0.363 e. The van der Waals surface area contributed by atoms with E-state index in [4.69, 9.17) is 0 Å². The van der Waals surface area contributed by atoms with Crippen LogP contribution >= 0.6 is 0 Å². The van der Waals surface area contributed by atoms with Crippen LogP contribution in [0.5, 0.6) is 0 Å². The van der Waals surface area contributed by atoms with Crippen LogP contribution in [0.3, 0.4) is 0 Å². The first kappa shape index (κ1) is 12.4. The molecule has 0 unspecified atom stereocenters. The molecule has 1 aliphatic heterocycles. The third-order valence-electron chi connectivity index (χ3n) is 2.98. The fraction of sp³-hybridized carbons (Fsp3) is 0.455. The van der Waals surface area contributed by atoms with E-state index in [1.54, 1.807) is 11.0 Å². The Labute approximate surface area is 104 Å². The Morgan fingerprint density at radius 2 is 2.22 bits per heavy atom. The summed E-state index contributed by atoms with van der Waals surface area (Å²) in [5, 5.41) is 10.5. The second-order valence-corrected chi connectivity index (χ2v) is 4.05. The highest BCUT2D eigenvalue weighted by Gasteiger charge is 2.25. The number of nitrogens with zero attached hydrogens (tertiary/aromatic N) is 4. The van der Waals surface area contributed by atoms with E-state index in [1.165, 1.54) is 12.3 Å². The number of aromatic nitrogens is 1. The lowest BCUT2D eigenvalue weighted by molar-refractivity contribution is -0.389. The predicted octanol–water partition coefficient (Wildman–Crippen LogP) is 0.658. The van der Waals surface area contributed by atoms with E-state index in [-0.39, 0.29) is 11.7 Å². The molecule has 0 N–H and O–H groups in total. The van der Waals surface area contributed by atoms with Gasteiger partial charge in [0, 0.05) is 19.2 Å². The zero-order valence-corrected chi connectivity index (χ0v) is 10.1. The lowest BCUT2D eigenvalue weighted by Crippen LogP contribution is -2.50. The maximum Gasteiger partial charge on any atom is 0.363 e. The van der Waals surface area contributed by atoms with Gasteiger partial charge in [-0.05, 0) is 22.5 Å². The van der Waals surface area contributed by atoms with Crippen molar-refractivity contribution in [3.8, 4) is 0 Å². The SMILES string of the molecule is CCN1CCN(c2ccc([N+](=O)[O-])nc2)C(=O)C1. The van der Waals surface area contributed by atoms with Gasteiger partial charge in [-0.3, -0.25) is 9.69 Å². The van der Waals surface area contributed by atoms with Crippen LogP contribution in [0, 0.1) is 10.1 Å². The quantitative estimate of drug-likeness (QED) is 0.581. The summed E-state index contributed by atoms with van der Waals surface area (Å²) in [6.07, 6.45) is 1.37. The first-order valence-electron chi connectivity index (χ1n) is 5.75. The van der Waals surface area contributed by atoms with Gasteiger partial charge in [-0.1, -0.05) is 6.92 Å². The lowest BCUT2D eigenvalue weighted by Gasteiger charge is -2.32. The van der Waals surface area contributed by atoms with Gasteiger partial charge >= 0.3 is 5.82 Å². The van der Waals surface area contributed by atoms with Gasteiger partial charge < -0.3 is 15.0 Å².